The van der Waals surface area contributed by atoms with Crippen LogP contribution in [-0.2, 0) is 4.79 Å². The summed E-state index contributed by atoms with van der Waals surface area (Å²) in [6, 6.07) is 10.0. The Morgan fingerprint density at radius 3 is 2.65 bits per heavy atom. The average molecular weight is 254 g/mol. The number of hydrogen-bond donors (Lipinski definition) is 1. The molecule has 1 N–H and O–H groups in total. The molecule has 1 saturated heterocycles. The molecule has 2 rings (SSSR count). The summed E-state index contributed by atoms with van der Waals surface area (Å²) in [5.41, 5.74) is 1.18. The summed E-state index contributed by atoms with van der Waals surface area (Å²) < 4.78 is 0. The number of benzene rings is 1. The van der Waals surface area contributed by atoms with Crippen LogP contribution in [0.3, 0.4) is 0 Å². The lowest BCUT2D eigenvalue weighted by Gasteiger charge is -2.15. The number of amides is 1. The first-order valence-electron chi connectivity index (χ1n) is 5.75. The molecule has 1 aliphatic heterocycles. The van der Waals surface area contributed by atoms with Crippen molar-refractivity contribution in [1.29, 1.82) is 0 Å². The Morgan fingerprint density at radius 2 is 2.06 bits per heavy atom. The Balaban J connectivity index is 2.15. The van der Waals surface area contributed by atoms with Crippen LogP contribution >= 0.6 is 11.6 Å². The minimum atomic E-state index is -0.0523. The van der Waals surface area contributed by atoms with Gasteiger partial charge < -0.3 is 10.0 Å². The zero-order valence-corrected chi connectivity index (χ0v) is 10.3. The van der Waals surface area contributed by atoms with Crippen LogP contribution in [0.4, 0.5) is 0 Å². The van der Waals surface area contributed by atoms with E-state index in [9.17, 15) is 9.90 Å². The fourth-order valence-corrected chi connectivity index (χ4v) is 2.59. The molecule has 1 heterocycles. The molecule has 0 radical (unpaired) electrons. The summed E-state index contributed by atoms with van der Waals surface area (Å²) in [6.07, 6.45) is 0. The van der Waals surface area contributed by atoms with Crippen molar-refractivity contribution in [3.8, 4) is 0 Å². The SMILES string of the molecule is O=C(CCl)N1C[C@@H](CO)[C@H](c2ccccc2)C1. The zero-order chi connectivity index (χ0) is 12.3. The lowest BCUT2D eigenvalue weighted by atomic mass is 9.90. The van der Waals surface area contributed by atoms with Crippen molar-refractivity contribution >= 4 is 17.5 Å². The fourth-order valence-electron chi connectivity index (χ4n) is 2.42. The zero-order valence-electron chi connectivity index (χ0n) is 9.55. The van der Waals surface area contributed by atoms with Crippen LogP contribution in [0.1, 0.15) is 11.5 Å². The van der Waals surface area contributed by atoms with Crippen LogP contribution in [-0.4, -0.2) is 41.5 Å². The number of rotatable bonds is 3. The monoisotopic (exact) mass is 253 g/mol. The molecule has 0 unspecified atom stereocenters. The number of carbonyl (C=O) groups is 1. The van der Waals surface area contributed by atoms with Crippen molar-refractivity contribution in [3.63, 3.8) is 0 Å². The van der Waals surface area contributed by atoms with Gasteiger partial charge in [-0.3, -0.25) is 4.79 Å². The highest BCUT2D eigenvalue weighted by Crippen LogP contribution is 2.32. The van der Waals surface area contributed by atoms with Gasteiger partial charge in [-0.05, 0) is 5.56 Å². The molecule has 1 aliphatic rings. The standard InChI is InChI=1S/C13H16ClNO2/c14-6-13(17)15-7-11(9-16)12(8-15)10-4-2-1-3-5-10/h1-5,11-12,16H,6-9H2/t11-,12-/m0/s1. The minimum Gasteiger partial charge on any atom is -0.396 e. The van der Waals surface area contributed by atoms with Crippen LogP contribution in [0.25, 0.3) is 0 Å². The van der Waals surface area contributed by atoms with Crippen molar-refractivity contribution in [3.05, 3.63) is 35.9 Å². The van der Waals surface area contributed by atoms with E-state index in [1.807, 2.05) is 30.3 Å². The fraction of sp³-hybridized carbons (Fsp3) is 0.462. The van der Waals surface area contributed by atoms with E-state index in [4.69, 9.17) is 11.6 Å². The molecule has 1 fully saturated rings. The highest BCUT2D eigenvalue weighted by Gasteiger charge is 2.35. The quantitative estimate of drug-likeness (QED) is 0.829. The number of likely N-dealkylation sites (tertiary alicyclic amines) is 1. The predicted molar refractivity (Wildman–Crippen MR) is 67.1 cm³/mol. The molecule has 0 aliphatic carbocycles. The Labute approximate surface area is 106 Å². The van der Waals surface area contributed by atoms with Crippen molar-refractivity contribution in [2.75, 3.05) is 25.6 Å². The Kier molecular flexibility index (Phi) is 4.02. The van der Waals surface area contributed by atoms with Gasteiger partial charge in [-0.15, -0.1) is 11.6 Å². The topological polar surface area (TPSA) is 40.5 Å². The van der Waals surface area contributed by atoms with E-state index in [0.717, 1.165) is 0 Å². The summed E-state index contributed by atoms with van der Waals surface area (Å²) in [5, 5.41) is 9.40. The van der Waals surface area contributed by atoms with Crippen molar-refractivity contribution in [2.45, 2.75) is 5.92 Å². The molecule has 4 heteroatoms. The van der Waals surface area contributed by atoms with Crippen molar-refractivity contribution in [1.82, 2.24) is 4.90 Å². The van der Waals surface area contributed by atoms with Gasteiger partial charge in [-0.2, -0.15) is 0 Å². The van der Waals surface area contributed by atoms with Crippen LogP contribution in [0.15, 0.2) is 30.3 Å². The second kappa shape index (κ2) is 5.52. The van der Waals surface area contributed by atoms with E-state index in [2.05, 4.69) is 0 Å². The number of hydrogen-bond acceptors (Lipinski definition) is 2. The van der Waals surface area contributed by atoms with E-state index in [0.29, 0.717) is 13.1 Å². The summed E-state index contributed by atoms with van der Waals surface area (Å²) >= 11 is 5.56. The molecule has 2 atom stereocenters. The maximum absolute atomic E-state index is 11.6. The largest absolute Gasteiger partial charge is 0.396 e. The molecular weight excluding hydrogens is 238 g/mol. The molecule has 0 spiro atoms. The number of aliphatic hydroxyl groups is 1. The third-order valence-corrected chi connectivity index (χ3v) is 3.60. The van der Waals surface area contributed by atoms with Gasteiger partial charge in [-0.25, -0.2) is 0 Å². The molecular formula is C13H16ClNO2. The van der Waals surface area contributed by atoms with E-state index < -0.39 is 0 Å². The number of nitrogens with zero attached hydrogens (tertiary/aromatic N) is 1. The molecule has 1 aromatic rings. The van der Waals surface area contributed by atoms with Gasteiger partial charge in [0.25, 0.3) is 0 Å². The van der Waals surface area contributed by atoms with Gasteiger partial charge in [0.1, 0.15) is 5.88 Å². The summed E-state index contributed by atoms with van der Waals surface area (Å²) in [6.45, 7) is 1.36. The lowest BCUT2D eigenvalue weighted by Crippen LogP contribution is -2.30. The number of halogens is 1. The van der Waals surface area contributed by atoms with Gasteiger partial charge in [0.05, 0.1) is 0 Å². The van der Waals surface area contributed by atoms with Gasteiger partial charge in [0.2, 0.25) is 5.91 Å². The molecule has 17 heavy (non-hydrogen) atoms. The first-order chi connectivity index (χ1) is 8.26. The third kappa shape index (κ3) is 2.61. The normalized spacial score (nSPS) is 24.0. The van der Waals surface area contributed by atoms with E-state index in [1.54, 1.807) is 4.90 Å². The predicted octanol–water partition coefficient (Wildman–Crippen LogP) is 1.46. The average Bonchev–Trinajstić information content (AvgIpc) is 2.83. The van der Waals surface area contributed by atoms with Gasteiger partial charge >= 0.3 is 0 Å². The van der Waals surface area contributed by atoms with Crippen LogP contribution in [0.2, 0.25) is 0 Å². The van der Waals surface area contributed by atoms with E-state index in [-0.39, 0.29) is 30.2 Å². The smallest absolute Gasteiger partial charge is 0.237 e. The Morgan fingerprint density at radius 1 is 1.35 bits per heavy atom. The van der Waals surface area contributed by atoms with Gasteiger partial charge in [0, 0.05) is 31.5 Å². The van der Waals surface area contributed by atoms with E-state index >= 15 is 0 Å². The van der Waals surface area contributed by atoms with Crippen LogP contribution in [0, 0.1) is 5.92 Å². The number of aliphatic hydroxyl groups excluding tert-OH is 1. The molecule has 1 amide bonds. The summed E-state index contributed by atoms with van der Waals surface area (Å²) in [7, 11) is 0. The number of alkyl halides is 1. The summed E-state index contributed by atoms with van der Waals surface area (Å²) in [4.78, 5) is 13.3. The molecule has 3 nitrogen and oxygen atoms in total. The molecule has 1 aromatic carbocycles. The summed E-state index contributed by atoms with van der Waals surface area (Å²) in [5.74, 6) is 0.293. The first-order valence-corrected chi connectivity index (χ1v) is 6.29. The van der Waals surface area contributed by atoms with Crippen molar-refractivity contribution in [2.24, 2.45) is 5.92 Å². The highest BCUT2D eigenvalue weighted by molar-refractivity contribution is 6.27. The van der Waals surface area contributed by atoms with Crippen LogP contribution < -0.4 is 0 Å². The first kappa shape index (κ1) is 12.4. The second-order valence-corrected chi connectivity index (χ2v) is 4.66. The van der Waals surface area contributed by atoms with Crippen molar-refractivity contribution < 1.29 is 9.90 Å². The maximum Gasteiger partial charge on any atom is 0.237 e. The molecule has 0 saturated carbocycles. The number of carbonyl (C=O) groups excluding carboxylic acids is 1. The Bertz CT molecular complexity index is 382. The molecule has 0 aromatic heterocycles. The third-order valence-electron chi connectivity index (χ3n) is 3.37. The molecule has 92 valence electrons. The van der Waals surface area contributed by atoms with Gasteiger partial charge in [0.15, 0.2) is 0 Å². The highest BCUT2D eigenvalue weighted by atomic mass is 35.5. The lowest BCUT2D eigenvalue weighted by molar-refractivity contribution is -0.127. The molecule has 0 bridgehead atoms. The second-order valence-electron chi connectivity index (χ2n) is 4.39. The minimum absolute atomic E-state index is 0.0135. The van der Waals surface area contributed by atoms with E-state index in [1.165, 1.54) is 5.56 Å². The van der Waals surface area contributed by atoms with Crippen LogP contribution in [0.5, 0.6) is 0 Å². The Hall–Kier alpha value is -1.06. The maximum atomic E-state index is 11.6. The van der Waals surface area contributed by atoms with Gasteiger partial charge in [-0.1, -0.05) is 30.3 Å².